The van der Waals surface area contributed by atoms with Crippen LogP contribution in [0, 0.1) is 5.92 Å². The number of hydrogen-bond donors (Lipinski definition) is 0. The van der Waals surface area contributed by atoms with Crippen LogP contribution < -0.4 is 0 Å². The molecule has 76 valence electrons. The van der Waals surface area contributed by atoms with E-state index >= 15 is 0 Å². The fraction of sp³-hybridized carbons (Fsp3) is 0.900. The lowest BCUT2D eigenvalue weighted by molar-refractivity contribution is -0.119. The smallest absolute Gasteiger partial charge is 0.146 e. The molecule has 0 spiro atoms. The van der Waals surface area contributed by atoms with Gasteiger partial charge in [0.15, 0.2) is 0 Å². The van der Waals surface area contributed by atoms with Gasteiger partial charge in [0, 0.05) is 20.1 Å². The molecule has 13 heavy (non-hydrogen) atoms. The van der Waals surface area contributed by atoms with Crippen LogP contribution in [0.25, 0.3) is 0 Å². The predicted octanol–water partition coefficient (Wildman–Crippen LogP) is 0.934. The minimum atomic E-state index is 0.345. The van der Waals surface area contributed by atoms with E-state index < -0.39 is 0 Å². The fourth-order valence-corrected chi connectivity index (χ4v) is 1.79. The minimum absolute atomic E-state index is 0.345. The Kier molecular flexibility index (Phi) is 4.39. The van der Waals surface area contributed by atoms with Gasteiger partial charge in [-0.05, 0) is 18.9 Å². The van der Waals surface area contributed by atoms with E-state index in [9.17, 15) is 4.79 Å². The van der Waals surface area contributed by atoms with Crippen molar-refractivity contribution in [1.29, 1.82) is 0 Å². The normalized spacial score (nSPS) is 23.7. The molecule has 1 heterocycles. The lowest BCUT2D eigenvalue weighted by Gasteiger charge is -2.13. The van der Waals surface area contributed by atoms with Gasteiger partial charge in [-0.25, -0.2) is 0 Å². The molecule has 0 bridgehead atoms. The highest BCUT2D eigenvalue weighted by molar-refractivity contribution is 5.80. The third kappa shape index (κ3) is 3.44. The van der Waals surface area contributed by atoms with Crippen molar-refractivity contribution in [1.82, 2.24) is 4.90 Å². The van der Waals surface area contributed by atoms with Gasteiger partial charge in [-0.15, -0.1) is 0 Å². The van der Waals surface area contributed by atoms with Crippen LogP contribution in [0.2, 0.25) is 0 Å². The van der Waals surface area contributed by atoms with E-state index in [0.717, 1.165) is 19.7 Å². The number of ether oxygens (including phenoxy) is 1. The molecule has 1 aliphatic rings. The number of methoxy groups -OCH3 is 1. The van der Waals surface area contributed by atoms with Crippen LogP contribution in [0.4, 0.5) is 0 Å². The van der Waals surface area contributed by atoms with Crippen molar-refractivity contribution in [2.45, 2.75) is 19.8 Å². The van der Waals surface area contributed by atoms with Gasteiger partial charge < -0.3 is 4.74 Å². The van der Waals surface area contributed by atoms with Crippen molar-refractivity contribution in [3.05, 3.63) is 0 Å². The highest BCUT2D eigenvalue weighted by Crippen LogP contribution is 2.15. The Balaban J connectivity index is 2.20. The number of hydrogen-bond acceptors (Lipinski definition) is 3. The third-order valence-corrected chi connectivity index (χ3v) is 2.57. The molecule has 1 aliphatic heterocycles. The van der Waals surface area contributed by atoms with Gasteiger partial charge in [0.25, 0.3) is 0 Å². The number of likely N-dealkylation sites (tertiary alicyclic amines) is 1. The Morgan fingerprint density at radius 3 is 3.00 bits per heavy atom. The number of carbonyl (C=O) groups excluding carboxylic acids is 1. The van der Waals surface area contributed by atoms with Crippen molar-refractivity contribution >= 4 is 5.78 Å². The molecule has 1 fully saturated rings. The summed E-state index contributed by atoms with van der Waals surface area (Å²) in [6.07, 6.45) is 1.83. The van der Waals surface area contributed by atoms with Gasteiger partial charge in [-0.1, -0.05) is 6.92 Å². The zero-order chi connectivity index (χ0) is 9.68. The van der Waals surface area contributed by atoms with Crippen LogP contribution in [0.5, 0.6) is 0 Å². The van der Waals surface area contributed by atoms with Crippen LogP contribution in [-0.2, 0) is 9.53 Å². The SMILES string of the molecule is CCC(=O)CN1CCC(COC)C1. The lowest BCUT2D eigenvalue weighted by Crippen LogP contribution is -2.27. The summed E-state index contributed by atoms with van der Waals surface area (Å²) >= 11 is 0. The summed E-state index contributed by atoms with van der Waals surface area (Å²) in [7, 11) is 1.74. The third-order valence-electron chi connectivity index (χ3n) is 2.57. The lowest BCUT2D eigenvalue weighted by atomic mass is 10.1. The summed E-state index contributed by atoms with van der Waals surface area (Å²) in [5, 5.41) is 0. The molecule has 1 saturated heterocycles. The first-order valence-corrected chi connectivity index (χ1v) is 4.99. The molecule has 1 unspecified atom stereocenters. The number of ketones is 1. The van der Waals surface area contributed by atoms with Crippen molar-refractivity contribution in [2.75, 3.05) is 33.4 Å². The van der Waals surface area contributed by atoms with E-state index in [1.54, 1.807) is 7.11 Å². The topological polar surface area (TPSA) is 29.5 Å². The molecule has 0 amide bonds. The first-order chi connectivity index (χ1) is 6.26. The number of rotatable bonds is 5. The number of Topliss-reactive ketones (excluding diaryl/α,β-unsaturated/α-hetero) is 1. The van der Waals surface area contributed by atoms with E-state index in [1.807, 2.05) is 6.92 Å². The highest BCUT2D eigenvalue weighted by Gasteiger charge is 2.22. The number of carbonyl (C=O) groups is 1. The zero-order valence-electron chi connectivity index (χ0n) is 8.58. The number of nitrogens with zero attached hydrogens (tertiary/aromatic N) is 1. The molecular weight excluding hydrogens is 166 g/mol. The molecule has 0 saturated carbocycles. The van der Waals surface area contributed by atoms with Crippen LogP contribution in [0.15, 0.2) is 0 Å². The summed E-state index contributed by atoms with van der Waals surface area (Å²) < 4.78 is 5.09. The first kappa shape index (κ1) is 10.7. The van der Waals surface area contributed by atoms with Crippen LogP contribution in [0.1, 0.15) is 19.8 Å². The first-order valence-electron chi connectivity index (χ1n) is 4.99. The largest absolute Gasteiger partial charge is 0.384 e. The van der Waals surface area contributed by atoms with Crippen molar-refractivity contribution in [3.63, 3.8) is 0 Å². The molecule has 3 nitrogen and oxygen atoms in total. The van der Waals surface area contributed by atoms with Gasteiger partial charge in [-0.2, -0.15) is 0 Å². The summed E-state index contributed by atoms with van der Waals surface area (Å²) in [6, 6.07) is 0. The van der Waals surface area contributed by atoms with E-state index in [4.69, 9.17) is 4.74 Å². The molecule has 1 rings (SSSR count). The second-order valence-corrected chi connectivity index (χ2v) is 3.74. The molecule has 0 radical (unpaired) electrons. The predicted molar refractivity (Wildman–Crippen MR) is 51.7 cm³/mol. The summed E-state index contributed by atoms with van der Waals surface area (Å²) in [5.41, 5.74) is 0. The second-order valence-electron chi connectivity index (χ2n) is 3.74. The van der Waals surface area contributed by atoms with Crippen molar-refractivity contribution in [2.24, 2.45) is 5.92 Å². The second kappa shape index (κ2) is 5.35. The molecule has 3 heteroatoms. The van der Waals surface area contributed by atoms with Gasteiger partial charge >= 0.3 is 0 Å². The molecule has 1 atom stereocenters. The molecule has 0 aliphatic carbocycles. The van der Waals surface area contributed by atoms with E-state index in [2.05, 4.69) is 4.90 Å². The summed E-state index contributed by atoms with van der Waals surface area (Å²) in [6.45, 7) is 5.47. The molecule has 0 aromatic heterocycles. The van der Waals surface area contributed by atoms with Crippen molar-refractivity contribution in [3.8, 4) is 0 Å². The maximum Gasteiger partial charge on any atom is 0.146 e. The summed E-state index contributed by atoms with van der Waals surface area (Å²) in [5.74, 6) is 0.979. The highest BCUT2D eigenvalue weighted by atomic mass is 16.5. The van der Waals surface area contributed by atoms with Crippen LogP contribution >= 0.6 is 0 Å². The molecule has 0 aromatic rings. The van der Waals surface area contributed by atoms with Gasteiger partial charge in [0.05, 0.1) is 13.2 Å². The molecular formula is C10H19NO2. The van der Waals surface area contributed by atoms with Crippen LogP contribution in [-0.4, -0.2) is 44.0 Å². The Morgan fingerprint density at radius 2 is 2.38 bits per heavy atom. The van der Waals surface area contributed by atoms with Gasteiger partial charge in [-0.3, -0.25) is 9.69 Å². The van der Waals surface area contributed by atoms with E-state index in [0.29, 0.717) is 24.7 Å². The Labute approximate surface area is 80.1 Å². The van der Waals surface area contributed by atoms with Crippen LogP contribution in [0.3, 0.4) is 0 Å². The zero-order valence-corrected chi connectivity index (χ0v) is 8.58. The van der Waals surface area contributed by atoms with E-state index in [1.165, 1.54) is 6.42 Å². The van der Waals surface area contributed by atoms with Crippen molar-refractivity contribution < 1.29 is 9.53 Å². The molecule has 0 N–H and O–H groups in total. The quantitative estimate of drug-likeness (QED) is 0.638. The standard InChI is InChI=1S/C10H19NO2/c1-3-10(12)7-11-5-4-9(6-11)8-13-2/h9H,3-8H2,1-2H3. The maximum absolute atomic E-state index is 11.2. The average Bonchev–Trinajstić information content (AvgIpc) is 2.53. The minimum Gasteiger partial charge on any atom is -0.384 e. The van der Waals surface area contributed by atoms with E-state index in [-0.39, 0.29) is 0 Å². The average molecular weight is 185 g/mol. The Morgan fingerprint density at radius 1 is 1.62 bits per heavy atom. The summed E-state index contributed by atoms with van der Waals surface area (Å²) in [4.78, 5) is 13.4. The monoisotopic (exact) mass is 185 g/mol. The Hall–Kier alpha value is -0.410. The fourth-order valence-electron chi connectivity index (χ4n) is 1.79. The molecule has 0 aromatic carbocycles. The van der Waals surface area contributed by atoms with Gasteiger partial charge in [0.1, 0.15) is 5.78 Å². The maximum atomic E-state index is 11.2. The van der Waals surface area contributed by atoms with Gasteiger partial charge in [0.2, 0.25) is 0 Å². The Bertz CT molecular complexity index is 170.